The number of hydrogen-bond acceptors (Lipinski definition) is 7. The van der Waals surface area contributed by atoms with Crippen LogP contribution in [0.3, 0.4) is 0 Å². The molecule has 3 atom stereocenters. The van der Waals surface area contributed by atoms with E-state index in [-0.39, 0.29) is 19.6 Å². The van der Waals surface area contributed by atoms with Gasteiger partial charge in [-0.15, -0.1) is 11.8 Å². The van der Waals surface area contributed by atoms with Crippen LogP contribution in [0.15, 0.2) is 71.8 Å². The molecule has 186 valence electrons. The van der Waals surface area contributed by atoms with Crippen LogP contribution < -0.4 is 16.1 Å². The number of hydrogen-bond donors (Lipinski definition) is 4. The molecule has 0 saturated heterocycles. The molecule has 3 rings (SSSR count). The third-order valence-corrected chi connectivity index (χ3v) is 6.03. The van der Waals surface area contributed by atoms with Crippen LogP contribution >= 0.6 is 11.8 Å². The van der Waals surface area contributed by atoms with Gasteiger partial charge in [0.25, 0.3) is 0 Å². The summed E-state index contributed by atoms with van der Waals surface area (Å²) in [6.45, 7) is 2.10. The number of nitrogens with one attached hydrogen (secondary N) is 3. The average Bonchev–Trinajstić information content (AvgIpc) is 3.32. The minimum atomic E-state index is -1.36. The second-order valence-electron chi connectivity index (χ2n) is 7.79. The summed E-state index contributed by atoms with van der Waals surface area (Å²) in [5.74, 6) is -2.21. The Kier molecular flexibility index (Phi) is 10.00. The summed E-state index contributed by atoms with van der Waals surface area (Å²) in [6.07, 6.45) is 0.583. The molecular formula is C25H29N3O6S. The monoisotopic (exact) mass is 499 g/mol. The fourth-order valence-corrected chi connectivity index (χ4v) is 4.14. The van der Waals surface area contributed by atoms with Crippen molar-refractivity contribution in [3.8, 4) is 0 Å². The normalized spacial score (nSPS) is 16.4. The second-order valence-corrected chi connectivity index (χ2v) is 9.09. The van der Waals surface area contributed by atoms with Gasteiger partial charge in [0, 0.05) is 0 Å². The minimum Gasteiger partial charge on any atom is -0.481 e. The molecule has 0 spiro atoms. The van der Waals surface area contributed by atoms with E-state index in [9.17, 15) is 19.5 Å². The molecular weight excluding hydrogens is 470 g/mol. The molecule has 4 N–H and O–H groups in total. The Labute approximate surface area is 208 Å². The van der Waals surface area contributed by atoms with Crippen molar-refractivity contribution in [2.75, 3.05) is 12.3 Å². The number of carboxylic acid groups (broad SMARTS) is 1. The molecule has 2 aromatic carbocycles. The van der Waals surface area contributed by atoms with E-state index in [1.807, 2.05) is 37.3 Å². The summed E-state index contributed by atoms with van der Waals surface area (Å²) >= 11 is 1.57. The predicted octanol–water partition coefficient (Wildman–Crippen LogP) is 2.84. The van der Waals surface area contributed by atoms with Crippen LogP contribution in [0.4, 0.5) is 4.79 Å². The summed E-state index contributed by atoms with van der Waals surface area (Å²) in [5, 5.41) is 15.9. The van der Waals surface area contributed by atoms with Crippen LogP contribution in [0.5, 0.6) is 0 Å². The lowest BCUT2D eigenvalue weighted by Gasteiger charge is -2.24. The van der Waals surface area contributed by atoms with Crippen molar-refractivity contribution in [3.63, 3.8) is 0 Å². The topological polar surface area (TPSA) is 126 Å². The highest BCUT2D eigenvalue weighted by atomic mass is 32.2. The molecule has 0 saturated carbocycles. The molecule has 0 bridgehead atoms. The molecule has 2 aromatic rings. The van der Waals surface area contributed by atoms with Gasteiger partial charge >= 0.3 is 12.1 Å². The molecule has 9 nitrogen and oxygen atoms in total. The highest BCUT2D eigenvalue weighted by molar-refractivity contribution is 8.02. The standard InChI is InChI=1S/C25H29N3O6S/c1-2-35-21-14-19(34-28-21)15-26-23(29)22(20(24(30)31)13-17-9-5-3-6-10-17)27-25(32)33-16-18-11-7-4-8-12-18/h3-12,14,19-20,22,28H,2,13,15-16H2,1H3,(H,26,29)(H,27,32)(H,30,31)/t19?,20?,22-/m0/s1. The van der Waals surface area contributed by atoms with Crippen LogP contribution in [-0.2, 0) is 32.2 Å². The van der Waals surface area contributed by atoms with E-state index in [4.69, 9.17) is 9.57 Å². The molecule has 0 radical (unpaired) electrons. The Hall–Kier alpha value is -3.50. The fourth-order valence-electron chi connectivity index (χ4n) is 3.47. The van der Waals surface area contributed by atoms with E-state index in [2.05, 4.69) is 16.1 Å². The third-order valence-electron chi connectivity index (χ3n) is 5.21. The Bertz CT molecular complexity index is 1020. The van der Waals surface area contributed by atoms with Crippen LogP contribution in [0.1, 0.15) is 18.1 Å². The van der Waals surface area contributed by atoms with Crippen molar-refractivity contribution >= 4 is 29.7 Å². The first-order valence-electron chi connectivity index (χ1n) is 11.2. The highest BCUT2D eigenvalue weighted by Crippen LogP contribution is 2.19. The van der Waals surface area contributed by atoms with Crippen molar-refractivity contribution in [2.45, 2.75) is 32.1 Å². The number of benzene rings is 2. The fraction of sp³-hybridized carbons (Fsp3) is 0.320. The first-order chi connectivity index (χ1) is 17.0. The summed E-state index contributed by atoms with van der Waals surface area (Å²) < 4.78 is 5.24. The van der Waals surface area contributed by atoms with Crippen LogP contribution in [0.25, 0.3) is 0 Å². The summed E-state index contributed by atoms with van der Waals surface area (Å²) in [7, 11) is 0. The lowest BCUT2D eigenvalue weighted by molar-refractivity contribution is -0.145. The highest BCUT2D eigenvalue weighted by Gasteiger charge is 2.36. The van der Waals surface area contributed by atoms with E-state index < -0.39 is 36.0 Å². The summed E-state index contributed by atoms with van der Waals surface area (Å²) in [6, 6.07) is 16.6. The molecule has 1 aliphatic rings. The number of alkyl carbamates (subject to hydrolysis) is 1. The maximum absolute atomic E-state index is 13.1. The SMILES string of the molecule is CCSC1=CC(CNC(=O)[C@@H](NC(=O)OCc2ccccc2)C(Cc2ccccc2)C(=O)O)ON1. The summed E-state index contributed by atoms with van der Waals surface area (Å²) in [4.78, 5) is 43.2. The smallest absolute Gasteiger partial charge is 0.408 e. The molecule has 2 amide bonds. The quantitative estimate of drug-likeness (QED) is 0.351. The van der Waals surface area contributed by atoms with Crippen LogP contribution in [0, 0.1) is 5.92 Å². The Balaban J connectivity index is 1.69. The van der Waals surface area contributed by atoms with Gasteiger partial charge < -0.3 is 20.5 Å². The lowest BCUT2D eigenvalue weighted by atomic mass is 9.91. The van der Waals surface area contributed by atoms with E-state index in [1.54, 1.807) is 48.2 Å². The van der Waals surface area contributed by atoms with E-state index in [0.717, 1.165) is 21.9 Å². The van der Waals surface area contributed by atoms with Gasteiger partial charge in [-0.3, -0.25) is 19.9 Å². The van der Waals surface area contributed by atoms with E-state index in [0.29, 0.717) is 0 Å². The zero-order valence-electron chi connectivity index (χ0n) is 19.3. The van der Waals surface area contributed by atoms with Crippen molar-refractivity contribution in [1.82, 2.24) is 16.1 Å². The minimum absolute atomic E-state index is 0.0122. The third kappa shape index (κ3) is 8.34. The molecule has 35 heavy (non-hydrogen) atoms. The number of amides is 2. The number of rotatable bonds is 12. The van der Waals surface area contributed by atoms with Crippen molar-refractivity contribution < 1.29 is 29.1 Å². The van der Waals surface area contributed by atoms with Gasteiger partial charge in [0.15, 0.2) is 0 Å². The maximum atomic E-state index is 13.1. The molecule has 1 aliphatic heterocycles. The Morgan fingerprint density at radius 2 is 1.74 bits per heavy atom. The number of carbonyl (C=O) groups excluding carboxylic acids is 2. The predicted molar refractivity (Wildman–Crippen MR) is 132 cm³/mol. The molecule has 0 aliphatic carbocycles. The molecule has 0 aromatic heterocycles. The van der Waals surface area contributed by atoms with Gasteiger partial charge in [-0.05, 0) is 29.4 Å². The number of ether oxygens (including phenoxy) is 1. The van der Waals surface area contributed by atoms with Gasteiger partial charge in [-0.1, -0.05) is 67.6 Å². The molecule has 0 fully saturated rings. The Morgan fingerprint density at radius 3 is 2.37 bits per heavy atom. The number of hydroxylamine groups is 1. The molecule has 10 heteroatoms. The molecule has 2 unspecified atom stereocenters. The van der Waals surface area contributed by atoms with Crippen LogP contribution in [-0.4, -0.2) is 47.5 Å². The number of aliphatic carboxylic acids is 1. The van der Waals surface area contributed by atoms with Crippen LogP contribution in [0.2, 0.25) is 0 Å². The number of carbonyl (C=O) groups is 3. The van der Waals surface area contributed by atoms with Crippen molar-refractivity contribution in [3.05, 3.63) is 82.9 Å². The van der Waals surface area contributed by atoms with Gasteiger partial charge in [0.05, 0.1) is 17.5 Å². The van der Waals surface area contributed by atoms with Crippen molar-refractivity contribution in [1.29, 1.82) is 0 Å². The van der Waals surface area contributed by atoms with Crippen molar-refractivity contribution in [2.24, 2.45) is 5.92 Å². The average molecular weight is 500 g/mol. The second kappa shape index (κ2) is 13.4. The van der Waals surface area contributed by atoms with E-state index >= 15 is 0 Å². The first-order valence-corrected chi connectivity index (χ1v) is 12.2. The zero-order valence-corrected chi connectivity index (χ0v) is 20.1. The first kappa shape index (κ1) is 26.1. The Morgan fingerprint density at radius 1 is 1.09 bits per heavy atom. The largest absolute Gasteiger partial charge is 0.481 e. The maximum Gasteiger partial charge on any atom is 0.408 e. The van der Waals surface area contributed by atoms with Gasteiger partial charge in [0.2, 0.25) is 5.91 Å². The number of thioether (sulfide) groups is 1. The zero-order chi connectivity index (χ0) is 25.0. The lowest BCUT2D eigenvalue weighted by Crippen LogP contribution is -2.54. The van der Waals surface area contributed by atoms with Gasteiger partial charge in [-0.25, -0.2) is 4.79 Å². The van der Waals surface area contributed by atoms with E-state index in [1.165, 1.54) is 0 Å². The van der Waals surface area contributed by atoms with Gasteiger partial charge in [0.1, 0.15) is 18.8 Å². The number of carboxylic acids is 1. The summed E-state index contributed by atoms with van der Waals surface area (Å²) in [5.41, 5.74) is 4.28. The van der Waals surface area contributed by atoms with Gasteiger partial charge in [-0.2, -0.15) is 0 Å². The molecule has 1 heterocycles.